The minimum Gasteiger partial charge on any atom is -0.458 e. The highest BCUT2D eigenvalue weighted by molar-refractivity contribution is 5.76. The van der Waals surface area contributed by atoms with E-state index in [1.165, 1.54) is 12.1 Å². The van der Waals surface area contributed by atoms with Crippen molar-refractivity contribution >= 4 is 24.4 Å². The second-order valence-electron chi connectivity index (χ2n) is 10.0. The van der Waals surface area contributed by atoms with Crippen molar-refractivity contribution in [3.05, 3.63) is 23.8 Å². The summed E-state index contributed by atoms with van der Waals surface area (Å²) in [6, 6.07) is 3.25. The van der Waals surface area contributed by atoms with Crippen LogP contribution in [0.15, 0.2) is 18.2 Å². The number of esters is 1. The summed E-state index contributed by atoms with van der Waals surface area (Å²) in [6.07, 6.45) is -3.09. The van der Waals surface area contributed by atoms with Crippen LogP contribution in [0.1, 0.15) is 66.9 Å². The van der Waals surface area contributed by atoms with Crippen LogP contribution in [0.5, 0.6) is 11.5 Å². The van der Waals surface area contributed by atoms with Gasteiger partial charge in [-0.2, -0.15) is 0 Å². The maximum Gasteiger partial charge on any atom is 0.513 e. The van der Waals surface area contributed by atoms with Gasteiger partial charge < -0.3 is 38.9 Å². The summed E-state index contributed by atoms with van der Waals surface area (Å²) in [6.45, 7) is 13.2. The molecule has 0 unspecified atom stereocenters. The monoisotopic (exact) mass is 569 g/mol. The smallest absolute Gasteiger partial charge is 0.458 e. The quantitative estimate of drug-likeness (QED) is 0.168. The number of carbonyl (C=O) groups excluding carboxylic acids is 4. The Hall–Kier alpha value is -3.54. The molecule has 1 rings (SSSR count). The van der Waals surface area contributed by atoms with Gasteiger partial charge in [-0.1, -0.05) is 33.8 Å². The zero-order valence-corrected chi connectivity index (χ0v) is 24.4. The van der Waals surface area contributed by atoms with Gasteiger partial charge in [0.05, 0.1) is 19.8 Å². The Labute approximate surface area is 235 Å². The van der Waals surface area contributed by atoms with Crippen molar-refractivity contribution in [2.75, 3.05) is 19.8 Å². The van der Waals surface area contributed by atoms with Gasteiger partial charge in [0.15, 0.2) is 11.5 Å². The molecule has 0 aliphatic heterocycles. The van der Waals surface area contributed by atoms with Crippen molar-refractivity contribution < 1.29 is 52.3 Å². The van der Waals surface area contributed by atoms with Gasteiger partial charge in [0, 0.05) is 0 Å². The molecule has 0 saturated heterocycles. The average Bonchev–Trinajstić information content (AvgIpc) is 2.85. The Bertz CT molecular complexity index is 964. The van der Waals surface area contributed by atoms with Gasteiger partial charge in [-0.3, -0.25) is 4.79 Å². The molecule has 0 heterocycles. The minimum atomic E-state index is -1.10. The first-order valence-electron chi connectivity index (χ1n) is 13.4. The molecule has 1 aromatic rings. The molecule has 0 saturated carbocycles. The summed E-state index contributed by atoms with van der Waals surface area (Å²) in [7, 11) is 0. The Morgan fingerprint density at radius 2 is 1.25 bits per heavy atom. The van der Waals surface area contributed by atoms with Gasteiger partial charge in [-0.25, -0.2) is 14.4 Å². The molecule has 40 heavy (non-hydrogen) atoms. The van der Waals surface area contributed by atoms with Gasteiger partial charge in [-0.15, -0.1) is 0 Å². The van der Waals surface area contributed by atoms with E-state index in [9.17, 15) is 19.2 Å². The van der Waals surface area contributed by atoms with Crippen molar-refractivity contribution in [3.8, 4) is 11.5 Å². The summed E-state index contributed by atoms with van der Waals surface area (Å²) in [5.41, 5.74) is 6.53. The molecule has 0 aliphatic rings. The van der Waals surface area contributed by atoms with Crippen LogP contribution in [0.25, 0.3) is 0 Å². The molecule has 0 aliphatic carbocycles. The lowest BCUT2D eigenvalue weighted by atomic mass is 10.1. The van der Waals surface area contributed by atoms with Gasteiger partial charge in [0.1, 0.15) is 18.2 Å². The van der Waals surface area contributed by atoms with Crippen molar-refractivity contribution in [1.29, 1.82) is 0 Å². The molecule has 0 bridgehead atoms. The molecule has 0 spiro atoms. The molecular formula is C28H43NO11. The van der Waals surface area contributed by atoms with Gasteiger partial charge in [0.25, 0.3) is 0 Å². The molecule has 2 N–H and O–H groups in total. The fraction of sp³-hybridized carbons (Fsp3) is 0.643. The number of benzene rings is 1. The standard InChI is InChI=1S/C28H43NO11/c1-8-34-26(31)38-20(7)19(6)37-25(30)22(29)15-21-9-10-23(39-27(32)35-13-11-17(2)3)24(16-21)40-28(33)36-14-12-18(4)5/h9-10,16-20,22H,8,11-15,29H2,1-7H3/t19-,20-,22-/m0/s1. The van der Waals surface area contributed by atoms with Crippen LogP contribution in [0.2, 0.25) is 0 Å². The fourth-order valence-electron chi connectivity index (χ4n) is 2.94. The highest BCUT2D eigenvalue weighted by atomic mass is 16.7. The first-order valence-corrected chi connectivity index (χ1v) is 13.4. The molecular weight excluding hydrogens is 526 g/mol. The minimum absolute atomic E-state index is 0.00343. The van der Waals surface area contributed by atoms with Crippen LogP contribution in [0, 0.1) is 11.8 Å². The van der Waals surface area contributed by atoms with Gasteiger partial charge in [-0.05, 0) is 69.6 Å². The Morgan fingerprint density at radius 1 is 0.725 bits per heavy atom. The van der Waals surface area contributed by atoms with E-state index < -0.39 is 42.7 Å². The normalized spacial score (nSPS) is 13.2. The summed E-state index contributed by atoms with van der Waals surface area (Å²) >= 11 is 0. The predicted octanol–water partition coefficient (Wildman–Crippen LogP) is 5.17. The van der Waals surface area contributed by atoms with E-state index in [1.807, 2.05) is 27.7 Å². The molecule has 3 atom stereocenters. The van der Waals surface area contributed by atoms with Crippen LogP contribution in [-0.2, 0) is 34.9 Å². The van der Waals surface area contributed by atoms with Crippen LogP contribution in [0.3, 0.4) is 0 Å². The summed E-state index contributed by atoms with van der Waals surface area (Å²) in [5, 5.41) is 0. The van der Waals surface area contributed by atoms with Crippen molar-refractivity contribution in [3.63, 3.8) is 0 Å². The summed E-state index contributed by atoms with van der Waals surface area (Å²) in [5.74, 6) is -0.276. The largest absolute Gasteiger partial charge is 0.513 e. The molecule has 12 heteroatoms. The second-order valence-corrected chi connectivity index (χ2v) is 10.0. The SMILES string of the molecule is CCOC(=O)O[C@@H](C)[C@H](C)OC(=O)[C@@H](N)Cc1ccc(OC(=O)OCCC(C)C)c(OC(=O)OCCC(C)C)c1. The Morgan fingerprint density at radius 3 is 1.77 bits per heavy atom. The Kier molecular flexibility index (Phi) is 15.5. The first-order chi connectivity index (χ1) is 18.8. The Balaban J connectivity index is 2.92. The number of nitrogens with two attached hydrogens (primary N) is 1. The zero-order chi connectivity index (χ0) is 30.2. The van der Waals surface area contributed by atoms with Crippen LogP contribution in [0.4, 0.5) is 14.4 Å². The van der Waals surface area contributed by atoms with Crippen molar-refractivity contribution in [2.45, 2.75) is 86.0 Å². The van der Waals surface area contributed by atoms with E-state index in [-0.39, 0.29) is 37.7 Å². The lowest BCUT2D eigenvalue weighted by molar-refractivity contribution is -0.155. The molecule has 0 fully saturated rings. The molecule has 0 amide bonds. The highest BCUT2D eigenvalue weighted by Crippen LogP contribution is 2.30. The number of hydrogen-bond donors (Lipinski definition) is 1. The van der Waals surface area contributed by atoms with E-state index in [1.54, 1.807) is 26.8 Å². The topological polar surface area (TPSA) is 159 Å². The number of carbonyl (C=O) groups is 4. The third kappa shape index (κ3) is 14.0. The first kappa shape index (κ1) is 34.5. The lowest BCUT2D eigenvalue weighted by Crippen LogP contribution is -2.39. The molecule has 226 valence electrons. The zero-order valence-electron chi connectivity index (χ0n) is 24.4. The van der Waals surface area contributed by atoms with Crippen LogP contribution >= 0.6 is 0 Å². The van der Waals surface area contributed by atoms with Crippen molar-refractivity contribution in [1.82, 2.24) is 0 Å². The third-order valence-corrected chi connectivity index (χ3v) is 5.49. The maximum atomic E-state index is 12.6. The number of ether oxygens (including phenoxy) is 7. The summed E-state index contributed by atoms with van der Waals surface area (Å²) in [4.78, 5) is 48.5. The second kappa shape index (κ2) is 17.9. The molecule has 1 aromatic carbocycles. The van der Waals surface area contributed by atoms with Gasteiger partial charge in [0.2, 0.25) is 0 Å². The van der Waals surface area contributed by atoms with E-state index >= 15 is 0 Å². The van der Waals surface area contributed by atoms with E-state index in [0.29, 0.717) is 30.2 Å². The molecule has 0 radical (unpaired) electrons. The average molecular weight is 570 g/mol. The summed E-state index contributed by atoms with van der Waals surface area (Å²) < 4.78 is 35.8. The fourth-order valence-corrected chi connectivity index (χ4v) is 2.94. The van der Waals surface area contributed by atoms with E-state index in [4.69, 9.17) is 38.9 Å². The third-order valence-electron chi connectivity index (χ3n) is 5.49. The van der Waals surface area contributed by atoms with Crippen LogP contribution in [-0.4, -0.2) is 62.5 Å². The van der Waals surface area contributed by atoms with Crippen LogP contribution < -0.4 is 15.2 Å². The molecule has 12 nitrogen and oxygen atoms in total. The highest BCUT2D eigenvalue weighted by Gasteiger charge is 2.25. The van der Waals surface area contributed by atoms with Gasteiger partial charge >= 0.3 is 24.4 Å². The van der Waals surface area contributed by atoms with E-state index in [0.717, 1.165) is 0 Å². The van der Waals surface area contributed by atoms with E-state index in [2.05, 4.69) is 0 Å². The number of rotatable bonds is 15. The molecule has 0 aromatic heterocycles. The lowest BCUT2D eigenvalue weighted by Gasteiger charge is -2.22. The number of hydrogen-bond acceptors (Lipinski definition) is 12. The maximum absolute atomic E-state index is 12.6. The van der Waals surface area contributed by atoms with Crippen molar-refractivity contribution in [2.24, 2.45) is 17.6 Å². The predicted molar refractivity (Wildman–Crippen MR) is 144 cm³/mol.